The lowest BCUT2D eigenvalue weighted by Gasteiger charge is -2.29. The average molecular weight is 410 g/mol. The van der Waals surface area contributed by atoms with E-state index in [1.165, 1.54) is 89.0 Å². The van der Waals surface area contributed by atoms with Gasteiger partial charge in [0.05, 0.1) is 6.07 Å². The fourth-order valence-electron chi connectivity index (χ4n) is 5.60. The number of hydrogen-bond donors (Lipinski definition) is 0. The van der Waals surface area contributed by atoms with Gasteiger partial charge in [0.25, 0.3) is 0 Å². The van der Waals surface area contributed by atoms with Gasteiger partial charge in [0.2, 0.25) is 0 Å². The zero-order valence-electron chi connectivity index (χ0n) is 19.3. The molecule has 2 aliphatic carbocycles. The van der Waals surface area contributed by atoms with Crippen LogP contribution in [0.1, 0.15) is 139 Å². The molecular formula is C27H43N3. The Kier molecular flexibility index (Phi) is 10.1. The second-order valence-electron chi connectivity index (χ2n) is 10.0. The maximum absolute atomic E-state index is 9.07. The molecule has 2 saturated carbocycles. The Morgan fingerprint density at radius 3 is 1.93 bits per heavy atom. The van der Waals surface area contributed by atoms with Crippen LogP contribution in [0.15, 0.2) is 12.4 Å². The summed E-state index contributed by atoms with van der Waals surface area (Å²) < 4.78 is 0. The second-order valence-corrected chi connectivity index (χ2v) is 10.0. The molecule has 0 aromatic carbocycles. The normalized spacial score (nSPS) is 26.9. The quantitative estimate of drug-likeness (QED) is 0.347. The van der Waals surface area contributed by atoms with E-state index < -0.39 is 0 Å². The molecule has 0 unspecified atom stereocenters. The van der Waals surface area contributed by atoms with E-state index in [0.717, 1.165) is 37.4 Å². The largest absolute Gasteiger partial charge is 0.241 e. The predicted octanol–water partition coefficient (Wildman–Crippen LogP) is 8.08. The van der Waals surface area contributed by atoms with Gasteiger partial charge in [-0.25, -0.2) is 9.97 Å². The molecule has 0 N–H and O–H groups in total. The van der Waals surface area contributed by atoms with Crippen LogP contribution in [0.4, 0.5) is 0 Å². The van der Waals surface area contributed by atoms with Gasteiger partial charge in [0.1, 0.15) is 5.82 Å². The monoisotopic (exact) mass is 409 g/mol. The number of nitrogens with zero attached hydrogens (tertiary/aromatic N) is 3. The van der Waals surface area contributed by atoms with E-state index in [9.17, 15) is 0 Å². The topological polar surface area (TPSA) is 49.6 Å². The molecule has 0 aliphatic heterocycles. The average Bonchev–Trinajstić information content (AvgIpc) is 2.81. The molecule has 3 rings (SSSR count). The molecule has 3 heteroatoms. The Labute approximate surface area is 185 Å². The van der Waals surface area contributed by atoms with Gasteiger partial charge >= 0.3 is 0 Å². The summed E-state index contributed by atoms with van der Waals surface area (Å²) in [6, 6.07) is 2.42. The molecule has 3 nitrogen and oxygen atoms in total. The van der Waals surface area contributed by atoms with Crippen LogP contribution in [0.2, 0.25) is 0 Å². The summed E-state index contributed by atoms with van der Waals surface area (Å²) in [4.78, 5) is 9.50. The Balaban J connectivity index is 1.31. The lowest BCUT2D eigenvalue weighted by Crippen LogP contribution is -2.16. The van der Waals surface area contributed by atoms with Gasteiger partial charge in [-0.05, 0) is 68.8 Å². The second kappa shape index (κ2) is 13.1. The third-order valence-corrected chi connectivity index (χ3v) is 7.75. The van der Waals surface area contributed by atoms with Crippen LogP contribution in [-0.4, -0.2) is 9.97 Å². The van der Waals surface area contributed by atoms with Crippen LogP contribution >= 0.6 is 0 Å². The Morgan fingerprint density at radius 2 is 1.33 bits per heavy atom. The molecule has 1 heterocycles. The molecular weight excluding hydrogens is 366 g/mol. The van der Waals surface area contributed by atoms with Crippen molar-refractivity contribution in [3.05, 3.63) is 23.8 Å². The number of nitriles is 1. The minimum absolute atomic E-state index is 0.251. The summed E-state index contributed by atoms with van der Waals surface area (Å²) in [6.07, 6.45) is 26.7. The zero-order valence-corrected chi connectivity index (χ0v) is 19.3. The van der Waals surface area contributed by atoms with Crippen molar-refractivity contribution >= 4 is 0 Å². The van der Waals surface area contributed by atoms with Crippen molar-refractivity contribution in [2.24, 2.45) is 11.8 Å². The summed E-state index contributed by atoms with van der Waals surface area (Å²) in [7, 11) is 0. The maximum Gasteiger partial charge on any atom is 0.131 e. The lowest BCUT2D eigenvalue weighted by molar-refractivity contribution is 0.301. The van der Waals surface area contributed by atoms with E-state index in [1.807, 2.05) is 0 Å². The molecule has 0 radical (unpaired) electrons. The summed E-state index contributed by atoms with van der Waals surface area (Å²) >= 11 is 0. The van der Waals surface area contributed by atoms with Gasteiger partial charge in [-0.15, -0.1) is 0 Å². The highest BCUT2D eigenvalue weighted by atomic mass is 14.9. The van der Waals surface area contributed by atoms with Crippen molar-refractivity contribution in [3.63, 3.8) is 0 Å². The van der Waals surface area contributed by atoms with Crippen LogP contribution in [0.3, 0.4) is 0 Å². The first-order chi connectivity index (χ1) is 14.8. The smallest absolute Gasteiger partial charge is 0.131 e. The zero-order chi connectivity index (χ0) is 21.0. The van der Waals surface area contributed by atoms with Crippen LogP contribution in [0.5, 0.6) is 0 Å². The fourth-order valence-corrected chi connectivity index (χ4v) is 5.60. The summed E-state index contributed by atoms with van der Waals surface area (Å²) in [5, 5.41) is 9.07. The molecule has 1 aromatic rings. The van der Waals surface area contributed by atoms with E-state index in [4.69, 9.17) is 15.2 Å². The number of rotatable bonds is 11. The van der Waals surface area contributed by atoms with Gasteiger partial charge in [0.15, 0.2) is 0 Å². The lowest BCUT2D eigenvalue weighted by atomic mass is 9.77. The first kappa shape index (κ1) is 23.2. The molecule has 0 spiro atoms. The number of unbranched alkanes of at least 4 members (excludes halogenated alkanes) is 7. The van der Waals surface area contributed by atoms with Crippen LogP contribution in [-0.2, 0) is 0 Å². The van der Waals surface area contributed by atoms with Gasteiger partial charge < -0.3 is 0 Å². The van der Waals surface area contributed by atoms with Crippen molar-refractivity contribution in [2.45, 2.75) is 128 Å². The van der Waals surface area contributed by atoms with E-state index in [0.29, 0.717) is 11.8 Å². The molecule has 0 bridgehead atoms. The molecule has 2 aliphatic rings. The Hall–Kier alpha value is -1.43. The molecule has 0 amide bonds. The van der Waals surface area contributed by atoms with E-state index >= 15 is 0 Å². The minimum Gasteiger partial charge on any atom is -0.241 e. The van der Waals surface area contributed by atoms with Crippen LogP contribution < -0.4 is 0 Å². The molecule has 166 valence electrons. The van der Waals surface area contributed by atoms with Crippen molar-refractivity contribution in [3.8, 4) is 6.07 Å². The standard InChI is InChI=1S/C27H43N3/c1-2-3-4-5-6-7-8-9-10-22-11-15-24(16-12-22)26-20-29-27(30-21-26)25-17-13-23(19-28)14-18-25/h20-25H,2-18H2,1H3. The molecule has 2 fully saturated rings. The summed E-state index contributed by atoms with van der Waals surface area (Å²) in [5.74, 6) is 3.35. The maximum atomic E-state index is 9.07. The third kappa shape index (κ3) is 7.36. The first-order valence-corrected chi connectivity index (χ1v) is 13.0. The summed E-state index contributed by atoms with van der Waals surface area (Å²) in [6.45, 7) is 2.29. The SMILES string of the molecule is CCCCCCCCCCC1CCC(c2cnc(C3CCC(C#N)CC3)nc2)CC1. The molecule has 1 aromatic heterocycles. The molecule has 0 saturated heterocycles. The van der Waals surface area contributed by atoms with E-state index in [1.54, 1.807) is 0 Å². The highest BCUT2D eigenvalue weighted by Gasteiger charge is 2.25. The van der Waals surface area contributed by atoms with E-state index in [2.05, 4.69) is 25.4 Å². The van der Waals surface area contributed by atoms with Gasteiger partial charge in [-0.3, -0.25) is 0 Å². The fraction of sp³-hybridized carbons (Fsp3) is 0.815. The number of hydrogen-bond acceptors (Lipinski definition) is 3. The van der Waals surface area contributed by atoms with Crippen LogP contribution in [0.25, 0.3) is 0 Å². The van der Waals surface area contributed by atoms with Gasteiger partial charge in [0, 0.05) is 24.2 Å². The van der Waals surface area contributed by atoms with Gasteiger partial charge in [-0.1, -0.05) is 64.7 Å². The predicted molar refractivity (Wildman–Crippen MR) is 124 cm³/mol. The highest BCUT2D eigenvalue weighted by molar-refractivity contribution is 5.14. The molecule has 0 atom stereocenters. The highest BCUT2D eigenvalue weighted by Crippen LogP contribution is 2.38. The van der Waals surface area contributed by atoms with Crippen molar-refractivity contribution < 1.29 is 0 Å². The van der Waals surface area contributed by atoms with E-state index in [-0.39, 0.29) is 5.92 Å². The minimum atomic E-state index is 0.251. The summed E-state index contributed by atoms with van der Waals surface area (Å²) in [5.41, 5.74) is 1.36. The Morgan fingerprint density at radius 1 is 0.767 bits per heavy atom. The van der Waals surface area contributed by atoms with Crippen molar-refractivity contribution in [1.82, 2.24) is 9.97 Å². The first-order valence-electron chi connectivity index (χ1n) is 13.0. The van der Waals surface area contributed by atoms with Crippen LogP contribution in [0, 0.1) is 23.2 Å². The van der Waals surface area contributed by atoms with Gasteiger partial charge in [-0.2, -0.15) is 5.26 Å². The molecule has 30 heavy (non-hydrogen) atoms. The Bertz CT molecular complexity index is 617. The number of aromatic nitrogens is 2. The van der Waals surface area contributed by atoms with Crippen molar-refractivity contribution in [1.29, 1.82) is 5.26 Å². The van der Waals surface area contributed by atoms with Crippen molar-refractivity contribution in [2.75, 3.05) is 0 Å². The third-order valence-electron chi connectivity index (χ3n) is 7.75.